The summed E-state index contributed by atoms with van der Waals surface area (Å²) in [5.74, 6) is 5.47. The van der Waals surface area contributed by atoms with Crippen LogP contribution in [0.5, 0.6) is 0 Å². The van der Waals surface area contributed by atoms with E-state index in [9.17, 15) is 14.5 Å². The van der Waals surface area contributed by atoms with E-state index >= 15 is 0 Å². The van der Waals surface area contributed by atoms with Crippen molar-refractivity contribution in [3.63, 3.8) is 0 Å². The number of benzene rings is 4. The van der Waals surface area contributed by atoms with Gasteiger partial charge in [-0.3, -0.25) is 35.1 Å². The van der Waals surface area contributed by atoms with Crippen molar-refractivity contribution >= 4 is 85.7 Å². The van der Waals surface area contributed by atoms with Crippen LogP contribution >= 0.6 is 36.7 Å². The molecule has 422 valence electrons. The van der Waals surface area contributed by atoms with E-state index in [0.29, 0.717) is 0 Å². The minimum Gasteiger partial charge on any atom is -0.397 e. The van der Waals surface area contributed by atoms with Crippen LogP contribution in [0.15, 0.2) is 97.1 Å². The van der Waals surface area contributed by atoms with Crippen molar-refractivity contribution in [3.05, 3.63) is 119 Å². The first-order valence-electron chi connectivity index (χ1n) is 25.6. The van der Waals surface area contributed by atoms with Gasteiger partial charge in [0, 0.05) is 129 Å². The molecule has 10 N–H and O–H groups in total. The van der Waals surface area contributed by atoms with Crippen molar-refractivity contribution in [2.75, 3.05) is 172 Å². The highest BCUT2D eigenvalue weighted by atomic mass is 32.1. The summed E-state index contributed by atoms with van der Waals surface area (Å²) >= 11 is 13.4. The molecule has 0 spiro atoms. The molecule has 4 saturated heterocycles. The molecule has 5 aromatic rings. The summed E-state index contributed by atoms with van der Waals surface area (Å²) in [7, 11) is 0. The van der Waals surface area contributed by atoms with Crippen molar-refractivity contribution in [2.45, 2.75) is 13.0 Å². The number of nitrogen functional groups attached to an aromatic ring is 2. The third kappa shape index (κ3) is 23.1. The molecule has 5 aliphatic heterocycles. The number of halogens is 1. The van der Waals surface area contributed by atoms with Crippen LogP contribution in [0, 0.1) is 27.0 Å². The van der Waals surface area contributed by atoms with Crippen LogP contribution in [0.25, 0.3) is 11.0 Å². The number of hydrogen-bond acceptors (Lipinski definition) is 21. The number of aromatic nitrogens is 2. The van der Waals surface area contributed by atoms with Gasteiger partial charge in [0.05, 0.1) is 85.2 Å². The predicted molar refractivity (Wildman–Crippen MR) is 316 cm³/mol. The van der Waals surface area contributed by atoms with Crippen molar-refractivity contribution in [1.82, 2.24) is 29.2 Å². The highest BCUT2D eigenvalue weighted by molar-refractivity contribution is 7.93. The predicted octanol–water partition coefficient (Wildman–Crippen LogP) is 6.25. The zero-order valence-electron chi connectivity index (χ0n) is 43.8. The number of morpholine rings is 4. The van der Waals surface area contributed by atoms with E-state index in [2.05, 4.69) is 99.6 Å². The molecule has 0 atom stereocenters. The van der Waals surface area contributed by atoms with Gasteiger partial charge in [0.25, 0.3) is 0 Å². The maximum atomic E-state index is 12.4. The van der Waals surface area contributed by atoms with Gasteiger partial charge in [-0.2, -0.15) is 4.39 Å². The van der Waals surface area contributed by atoms with Gasteiger partial charge in [-0.25, -0.2) is 21.9 Å². The van der Waals surface area contributed by atoms with Crippen LogP contribution in [0.2, 0.25) is 0 Å². The molecule has 0 radical (unpaired) electrons. The molecule has 5 aliphatic rings. The second-order valence-electron chi connectivity index (χ2n) is 17.5. The topological polar surface area (TPSA) is 264 Å². The molecule has 4 aromatic carbocycles. The summed E-state index contributed by atoms with van der Waals surface area (Å²) < 4.78 is 37.6. The molecule has 0 saturated carbocycles. The second-order valence-corrected chi connectivity index (χ2v) is 18.6. The van der Waals surface area contributed by atoms with Crippen molar-refractivity contribution in [1.29, 1.82) is 11.1 Å². The lowest BCUT2D eigenvalue weighted by Crippen LogP contribution is -2.42. The number of nitrogens with two attached hydrogens (primary N) is 3. The Kier molecular flexibility index (Phi) is 31.6. The fourth-order valence-corrected chi connectivity index (χ4v) is 8.89. The number of imidazole rings is 1. The molecule has 77 heavy (non-hydrogen) atoms. The number of fused-ring (bicyclic) bond motifs is 2. The number of anilines is 4. The van der Waals surface area contributed by atoms with Crippen LogP contribution in [-0.2, 0) is 31.9 Å². The standard InChI is InChI=1S/C14H18N2OS.C13H19N5O.C12H19N3O.C6H4FNO2.C6H14N2O.CS2.H2N2.H2/c18-14-11-12-3-1-2-4-13(12)16(14)6-5-15-7-9-17-10-8-15;14-16-13-15-11-3-1-2-4-12(11)18(13)6-5-17-7-9-19-10-8-17;13-11-3-1-2-4-12(11)14-5-6-15-7-9-16-10-8-15;7-5-3-1-2-4-6(5)8(9)10;7-1-2-8-3-5-9-6-4-8;2-1-3;1-2;/h1-4H,5-11H2;1-4H,5-10,14H2,(H,15,16);1-4,14H,5-10,13H2;1-4H;1-7H2;;1-2H;1H. The largest absolute Gasteiger partial charge is 0.397 e. The summed E-state index contributed by atoms with van der Waals surface area (Å²) in [6.07, 6.45) is 0.925. The monoisotopic (exact) mass is 1120 g/mol. The maximum absolute atomic E-state index is 12.4. The Labute approximate surface area is 469 Å². The van der Waals surface area contributed by atoms with E-state index in [4.69, 9.17) is 59.5 Å². The van der Waals surface area contributed by atoms with Crippen molar-refractivity contribution < 1.29 is 29.7 Å². The number of nitrogens with one attached hydrogen (secondary N) is 4. The Hall–Kier alpha value is -5.61. The molecule has 4 fully saturated rings. The molecule has 6 heterocycles. The minimum absolute atomic E-state index is 0. The third-order valence-corrected chi connectivity index (χ3v) is 13.0. The van der Waals surface area contributed by atoms with Gasteiger partial charge in [-0.1, -0.05) is 66.8 Å². The number of nitrogens with zero attached hydrogens (tertiary/aromatic N) is 8. The lowest BCUT2D eigenvalue weighted by atomic mass is 10.2. The summed E-state index contributed by atoms with van der Waals surface area (Å²) in [6, 6.07) is 29.5. The number of nitro benzene ring substituents is 1. The van der Waals surface area contributed by atoms with E-state index in [-0.39, 0.29) is 1.43 Å². The molecule has 0 aliphatic carbocycles. The van der Waals surface area contributed by atoms with Gasteiger partial charge in [-0.05, 0) is 66.4 Å². The van der Waals surface area contributed by atoms with E-state index < -0.39 is 16.4 Å². The van der Waals surface area contributed by atoms with Gasteiger partial charge < -0.3 is 45.2 Å². The second kappa shape index (κ2) is 38.0. The van der Waals surface area contributed by atoms with Crippen molar-refractivity contribution in [3.8, 4) is 0 Å². The normalized spacial score (nSPS) is 16.5. The van der Waals surface area contributed by atoms with Crippen LogP contribution < -0.4 is 33.0 Å². The first-order chi connectivity index (χ1) is 37.6. The average molecular weight is 1120 g/mol. The number of hydrogen-bond donors (Lipinski definition) is 7. The fourth-order valence-electron chi connectivity index (χ4n) is 8.54. The number of hydrazine groups is 1. The Morgan fingerprint density at radius 2 is 1.17 bits per heavy atom. The van der Waals surface area contributed by atoms with Gasteiger partial charge in [0.15, 0.2) is 0 Å². The van der Waals surface area contributed by atoms with Gasteiger partial charge in [-0.15, -0.1) is 0 Å². The number of nitro groups is 1. The van der Waals surface area contributed by atoms with Gasteiger partial charge in [0.2, 0.25) is 11.8 Å². The zero-order valence-corrected chi connectivity index (χ0v) is 46.2. The fraction of sp³-hybridized carbons (Fsp3) is 0.481. The lowest BCUT2D eigenvalue weighted by molar-refractivity contribution is -0.387. The maximum Gasteiger partial charge on any atom is 0.304 e. The molecular weight excluding hydrogens is 1050 g/mol. The quantitative estimate of drug-likeness (QED) is 0.0162. The molecule has 25 heteroatoms. The molecule has 0 amide bonds. The molecule has 1 aromatic heterocycles. The third-order valence-electron chi connectivity index (χ3n) is 12.6. The van der Waals surface area contributed by atoms with E-state index in [1.54, 1.807) is 0 Å². The Morgan fingerprint density at radius 1 is 0.688 bits per heavy atom. The lowest BCUT2D eigenvalue weighted by Gasteiger charge is -2.29. The number of ether oxygens (including phenoxy) is 4. The van der Waals surface area contributed by atoms with Crippen molar-refractivity contribution in [2.24, 2.45) is 11.6 Å². The highest BCUT2D eigenvalue weighted by Gasteiger charge is 2.24. The molecule has 21 nitrogen and oxygen atoms in total. The average Bonchev–Trinajstić information content (AvgIpc) is 4.04. The van der Waals surface area contributed by atoms with Crippen LogP contribution in [0.4, 0.5) is 33.1 Å². The van der Waals surface area contributed by atoms with Crippen LogP contribution in [-0.4, -0.2) is 194 Å². The Balaban J connectivity index is 0.000000256. The van der Waals surface area contributed by atoms with E-state index in [0.717, 1.165) is 209 Å². The highest BCUT2D eigenvalue weighted by Crippen LogP contribution is 2.29. The van der Waals surface area contributed by atoms with Crippen LogP contribution in [0.3, 0.4) is 0 Å². The van der Waals surface area contributed by atoms with E-state index in [1.807, 2.05) is 46.8 Å². The molecule has 0 bridgehead atoms. The number of para-hydroxylation sites is 6. The van der Waals surface area contributed by atoms with Crippen LogP contribution in [0.1, 0.15) is 6.99 Å². The number of rotatable bonds is 14. The van der Waals surface area contributed by atoms with Gasteiger partial charge >= 0.3 is 5.69 Å². The molecule has 0 unspecified atom stereocenters. The Morgan fingerprint density at radius 3 is 1.70 bits per heavy atom. The summed E-state index contributed by atoms with van der Waals surface area (Å²) in [6.45, 7) is 22.8. The number of thiocarbonyl (C=S) groups is 3. The minimum atomic E-state index is -0.799. The summed E-state index contributed by atoms with van der Waals surface area (Å²) in [5, 5.41) is 13.3. The molecular formula is C52H78FN15O6S3. The first-order valence-corrected chi connectivity index (χ1v) is 26.8. The van der Waals surface area contributed by atoms with E-state index in [1.165, 1.54) is 23.4 Å². The van der Waals surface area contributed by atoms with Gasteiger partial charge in [0.1, 0.15) is 0 Å². The zero-order chi connectivity index (χ0) is 55.5. The first kappa shape index (κ1) is 63.9. The smallest absolute Gasteiger partial charge is 0.304 e. The Bertz CT molecular complexity index is 2500. The summed E-state index contributed by atoms with van der Waals surface area (Å²) in [4.78, 5) is 26.6. The molecule has 10 rings (SSSR count). The SMILES string of the molecule is N=N.NCCN1CCOCC1.NNc1nc2ccccc2n1CCN1CCOCC1.Nc1ccccc1NCCN1CCOCC1.O=[N+]([O-])c1ccccc1F.S=C1Cc2ccccc2N1CCN1CCOCC1.S=C=S.[HH]. The summed E-state index contributed by atoms with van der Waals surface area (Å²) in [5.41, 5.74) is 30.0.